The Bertz CT molecular complexity index is 808. The van der Waals surface area contributed by atoms with E-state index < -0.39 is 0 Å². The van der Waals surface area contributed by atoms with Crippen molar-refractivity contribution in [3.05, 3.63) is 0 Å². The van der Waals surface area contributed by atoms with E-state index >= 15 is 0 Å². The Kier molecular flexibility index (Phi) is 4.82. The number of aliphatic hydroxyl groups is 1. The zero-order valence-electron chi connectivity index (χ0n) is 22.8. The van der Waals surface area contributed by atoms with E-state index in [1.54, 1.807) is 0 Å². The van der Waals surface area contributed by atoms with Gasteiger partial charge in [-0.25, -0.2) is 0 Å². The fraction of sp³-hybridized carbons (Fsp3) is 1.00. The molecule has 1 N–H and O–H groups in total. The Hall–Kier alpha value is -0.0800. The number of ether oxygens (including phenoxy) is 1. The zero-order valence-corrected chi connectivity index (χ0v) is 22.8. The van der Waals surface area contributed by atoms with Gasteiger partial charge in [0, 0.05) is 0 Å². The molecule has 10 atom stereocenters. The molecule has 1 saturated heterocycles. The van der Waals surface area contributed by atoms with E-state index in [2.05, 4.69) is 48.5 Å². The molecule has 188 valence electrons. The maximum absolute atomic E-state index is 10.9. The van der Waals surface area contributed by atoms with E-state index in [1.165, 1.54) is 64.2 Å². The summed E-state index contributed by atoms with van der Waals surface area (Å²) in [7, 11) is 0. The van der Waals surface area contributed by atoms with Crippen molar-refractivity contribution in [3.63, 3.8) is 0 Å². The minimum Gasteiger partial charge on any atom is -0.393 e. The molecule has 2 nitrogen and oxygen atoms in total. The number of hydrogen-bond donors (Lipinski definition) is 1. The normalized spacial score (nSPS) is 59.4. The second kappa shape index (κ2) is 6.81. The molecule has 2 heteroatoms. The van der Waals surface area contributed by atoms with Gasteiger partial charge >= 0.3 is 0 Å². The third kappa shape index (κ3) is 2.65. The first-order chi connectivity index (χ1) is 15.4. The summed E-state index contributed by atoms with van der Waals surface area (Å²) in [4.78, 5) is 0. The lowest BCUT2D eigenvalue weighted by Crippen LogP contribution is -2.58. The molecule has 5 aliphatic carbocycles. The van der Waals surface area contributed by atoms with E-state index in [4.69, 9.17) is 4.74 Å². The first kappa shape index (κ1) is 23.3. The number of aliphatic hydroxyl groups excluding tert-OH is 1. The first-order valence-electron chi connectivity index (χ1n) is 14.7. The summed E-state index contributed by atoms with van der Waals surface area (Å²) in [5.74, 6) is 3.90. The summed E-state index contributed by atoms with van der Waals surface area (Å²) in [6, 6.07) is 0. The van der Waals surface area contributed by atoms with Crippen LogP contribution < -0.4 is 0 Å². The van der Waals surface area contributed by atoms with E-state index in [0.717, 1.165) is 36.7 Å². The Labute approximate surface area is 204 Å². The van der Waals surface area contributed by atoms with Crippen LogP contribution in [0.4, 0.5) is 0 Å². The van der Waals surface area contributed by atoms with Crippen LogP contribution in [-0.4, -0.2) is 23.4 Å². The van der Waals surface area contributed by atoms with Crippen molar-refractivity contribution >= 4 is 0 Å². The fourth-order valence-corrected chi connectivity index (χ4v) is 11.8. The summed E-state index contributed by atoms with van der Waals surface area (Å²) in [5, 5.41) is 10.9. The topological polar surface area (TPSA) is 29.5 Å². The molecule has 5 saturated carbocycles. The van der Waals surface area contributed by atoms with Crippen molar-refractivity contribution < 1.29 is 9.84 Å². The number of hydrogen-bond acceptors (Lipinski definition) is 2. The second-order valence-electron chi connectivity index (χ2n) is 15.6. The monoisotopic (exact) mass is 456 g/mol. The zero-order chi connectivity index (χ0) is 23.7. The van der Waals surface area contributed by atoms with Gasteiger partial charge < -0.3 is 9.84 Å². The van der Waals surface area contributed by atoms with Crippen molar-refractivity contribution in [2.45, 2.75) is 131 Å². The van der Waals surface area contributed by atoms with Crippen molar-refractivity contribution in [1.29, 1.82) is 0 Å². The molecule has 0 aromatic carbocycles. The molecule has 2 spiro atoms. The number of rotatable bonds is 2. The van der Waals surface area contributed by atoms with Crippen LogP contribution in [0.25, 0.3) is 0 Å². The van der Waals surface area contributed by atoms with Crippen molar-refractivity contribution in [3.8, 4) is 0 Å². The van der Waals surface area contributed by atoms with Crippen molar-refractivity contribution in [2.24, 2.45) is 56.7 Å². The molecule has 0 radical (unpaired) electrons. The average Bonchev–Trinajstić information content (AvgIpc) is 3.35. The van der Waals surface area contributed by atoms with E-state index in [-0.39, 0.29) is 17.1 Å². The second-order valence-corrected chi connectivity index (χ2v) is 15.6. The van der Waals surface area contributed by atoms with Gasteiger partial charge in [0.1, 0.15) is 0 Å². The van der Waals surface area contributed by atoms with Crippen LogP contribution in [0.2, 0.25) is 0 Å². The van der Waals surface area contributed by atoms with Crippen LogP contribution in [0.5, 0.6) is 0 Å². The lowest BCUT2D eigenvalue weighted by atomic mass is 9.41. The molecule has 1 aliphatic heterocycles. The van der Waals surface area contributed by atoms with Gasteiger partial charge in [-0.2, -0.15) is 0 Å². The Morgan fingerprint density at radius 1 is 0.727 bits per heavy atom. The molecule has 0 aromatic heterocycles. The molecule has 1 unspecified atom stereocenters. The van der Waals surface area contributed by atoms with Gasteiger partial charge in [-0.05, 0) is 134 Å². The van der Waals surface area contributed by atoms with Gasteiger partial charge in [-0.1, -0.05) is 41.5 Å². The highest BCUT2D eigenvalue weighted by Crippen LogP contribution is 2.89. The Morgan fingerprint density at radius 2 is 1.42 bits per heavy atom. The largest absolute Gasteiger partial charge is 0.393 e. The average molecular weight is 457 g/mol. The third-order valence-corrected chi connectivity index (χ3v) is 14.6. The quantitative estimate of drug-likeness (QED) is 0.463. The maximum atomic E-state index is 10.9. The van der Waals surface area contributed by atoms with E-state index in [0.29, 0.717) is 27.6 Å². The van der Waals surface area contributed by atoms with Gasteiger partial charge in [0.25, 0.3) is 0 Å². The Balaban J connectivity index is 1.26. The van der Waals surface area contributed by atoms with Crippen LogP contribution in [0.15, 0.2) is 0 Å². The molecule has 6 rings (SSSR count). The van der Waals surface area contributed by atoms with Gasteiger partial charge in [0.05, 0.1) is 18.3 Å². The smallest absolute Gasteiger partial charge is 0.0677 e. The molecule has 6 aliphatic rings. The van der Waals surface area contributed by atoms with Crippen LogP contribution in [0.3, 0.4) is 0 Å². The summed E-state index contributed by atoms with van der Waals surface area (Å²) in [5.41, 5.74) is 2.36. The van der Waals surface area contributed by atoms with Crippen LogP contribution in [0, 0.1) is 56.7 Å². The summed E-state index contributed by atoms with van der Waals surface area (Å²) in [6.45, 7) is 18.3. The van der Waals surface area contributed by atoms with Gasteiger partial charge in [-0.3, -0.25) is 0 Å². The summed E-state index contributed by atoms with van der Waals surface area (Å²) < 4.78 is 6.62. The summed E-state index contributed by atoms with van der Waals surface area (Å²) in [6.07, 6.45) is 15.0. The standard InChI is InChI=1S/C31H52O2/c1-20(2)29(7)14-10-21(18-33-29)22-11-13-28(6)24-9-8-23-26(3,4)25(32)12-15-30(23)19-31(24,30)17-16-27(22,28)5/h20-25,32H,8-19H2,1-7H3/t21?,22-,23+,24+,25+,27-,28+,29-,30-,31+/m1/s1. The lowest BCUT2D eigenvalue weighted by molar-refractivity contribution is -0.174. The van der Waals surface area contributed by atoms with Crippen molar-refractivity contribution in [1.82, 2.24) is 0 Å². The molecular formula is C31H52O2. The predicted octanol–water partition coefficient (Wildman–Crippen LogP) is 7.63. The molecule has 0 amide bonds. The highest BCUT2D eigenvalue weighted by atomic mass is 16.5. The van der Waals surface area contributed by atoms with Gasteiger partial charge in [-0.15, -0.1) is 0 Å². The molecular weight excluding hydrogens is 404 g/mol. The van der Waals surface area contributed by atoms with Crippen LogP contribution in [-0.2, 0) is 4.74 Å². The molecule has 1 heterocycles. The minimum absolute atomic E-state index is 0.0903. The lowest BCUT2D eigenvalue weighted by Gasteiger charge is -2.63. The molecule has 0 aromatic rings. The SMILES string of the molecule is CC(C)[C@@]1(C)CCC([C@H]2CC[C@@]3(C)[C@@H]4CC[C@H]5C(C)(C)[C@@H](O)CC[C@@]56C[C@@]46CC[C@]23C)CO1. The van der Waals surface area contributed by atoms with Crippen LogP contribution >= 0.6 is 0 Å². The van der Waals surface area contributed by atoms with Crippen molar-refractivity contribution in [2.75, 3.05) is 6.61 Å². The third-order valence-electron chi connectivity index (χ3n) is 14.6. The summed E-state index contributed by atoms with van der Waals surface area (Å²) >= 11 is 0. The minimum atomic E-state index is -0.0922. The first-order valence-corrected chi connectivity index (χ1v) is 14.7. The Morgan fingerprint density at radius 3 is 2.09 bits per heavy atom. The fourth-order valence-electron chi connectivity index (χ4n) is 11.8. The van der Waals surface area contributed by atoms with Gasteiger partial charge in [0.15, 0.2) is 0 Å². The van der Waals surface area contributed by atoms with Crippen LogP contribution in [0.1, 0.15) is 119 Å². The maximum Gasteiger partial charge on any atom is 0.0677 e. The molecule has 33 heavy (non-hydrogen) atoms. The number of fused-ring (bicyclic) bond motifs is 2. The van der Waals surface area contributed by atoms with Gasteiger partial charge in [0.2, 0.25) is 0 Å². The predicted molar refractivity (Wildman–Crippen MR) is 135 cm³/mol. The molecule has 6 fully saturated rings. The highest BCUT2D eigenvalue weighted by molar-refractivity contribution is 5.30. The van der Waals surface area contributed by atoms with E-state index in [1.807, 2.05) is 0 Å². The highest BCUT2D eigenvalue weighted by Gasteiger charge is 2.82. The van der Waals surface area contributed by atoms with E-state index in [9.17, 15) is 5.11 Å². The molecule has 0 bridgehead atoms.